The lowest BCUT2D eigenvalue weighted by Gasteiger charge is -2.34. The van der Waals surface area contributed by atoms with Gasteiger partial charge in [0, 0.05) is 43.5 Å². The van der Waals surface area contributed by atoms with E-state index in [9.17, 15) is 23.2 Å². The maximum atomic E-state index is 13.7. The molecule has 1 aromatic rings. The van der Waals surface area contributed by atoms with Gasteiger partial charge in [-0.1, -0.05) is 25.0 Å². The van der Waals surface area contributed by atoms with E-state index in [-0.39, 0.29) is 50.2 Å². The van der Waals surface area contributed by atoms with Gasteiger partial charge >= 0.3 is 5.97 Å². The molecule has 1 unspecified atom stereocenters. The van der Waals surface area contributed by atoms with Gasteiger partial charge in [-0.3, -0.25) is 14.4 Å². The van der Waals surface area contributed by atoms with Crippen LogP contribution >= 0.6 is 0 Å². The smallest absolute Gasteiger partial charge is 0.306 e. The van der Waals surface area contributed by atoms with Crippen molar-refractivity contribution in [2.24, 2.45) is 11.7 Å². The molecule has 2 fully saturated rings. The van der Waals surface area contributed by atoms with E-state index in [1.165, 1.54) is 4.90 Å². The van der Waals surface area contributed by atoms with Crippen LogP contribution in [0.1, 0.15) is 100 Å². The number of primary amides is 1. The van der Waals surface area contributed by atoms with Gasteiger partial charge in [-0.25, -0.2) is 8.78 Å². The third-order valence-corrected chi connectivity index (χ3v) is 8.01. The Balaban J connectivity index is 1.40. The fourth-order valence-electron chi connectivity index (χ4n) is 6.24. The van der Waals surface area contributed by atoms with E-state index in [1.54, 1.807) is 20.8 Å². The van der Waals surface area contributed by atoms with Crippen molar-refractivity contribution in [2.45, 2.75) is 121 Å². The van der Waals surface area contributed by atoms with Crippen molar-refractivity contribution in [2.75, 3.05) is 0 Å². The van der Waals surface area contributed by atoms with Crippen molar-refractivity contribution in [3.05, 3.63) is 34.9 Å². The third-order valence-electron chi connectivity index (χ3n) is 8.01. The Hall–Kier alpha value is -2.55. The summed E-state index contributed by atoms with van der Waals surface area (Å²) < 4.78 is 32.8. The quantitative estimate of drug-likeness (QED) is 0.455. The number of ether oxygens (including phenoxy) is 1. The second-order valence-electron chi connectivity index (χ2n) is 12.3. The molecule has 0 aromatic heterocycles. The molecule has 0 bridgehead atoms. The molecule has 38 heavy (non-hydrogen) atoms. The predicted molar refractivity (Wildman–Crippen MR) is 140 cm³/mol. The lowest BCUT2D eigenvalue weighted by molar-refractivity contribution is -0.155. The maximum Gasteiger partial charge on any atom is 0.306 e. The number of alkyl halides is 2. The summed E-state index contributed by atoms with van der Waals surface area (Å²) in [6, 6.07) is 4.96. The van der Waals surface area contributed by atoms with Crippen LogP contribution in [0.15, 0.2) is 18.2 Å². The minimum absolute atomic E-state index is 0.0146. The molecule has 7 nitrogen and oxygen atoms in total. The molecule has 0 saturated heterocycles. The number of halogens is 2. The summed E-state index contributed by atoms with van der Waals surface area (Å²) in [5.41, 5.74) is 7.49. The lowest BCUT2D eigenvalue weighted by Crippen LogP contribution is -2.45. The molecule has 0 radical (unpaired) electrons. The predicted octanol–water partition coefficient (Wildman–Crippen LogP) is 4.50. The number of carbonyl (C=O) groups excluding carboxylic acids is 3. The van der Waals surface area contributed by atoms with Gasteiger partial charge in [0.25, 0.3) is 5.91 Å². The highest BCUT2D eigenvalue weighted by molar-refractivity contribution is 6.01. The first kappa shape index (κ1) is 28.5. The number of carbonyl (C=O) groups is 3. The Labute approximate surface area is 223 Å². The SMILES string of the molecule is CC(C)(C)OC(=O)CCC(C(N)=O)N1Cc2cc(C[C@H]3CCCC[C@@H]3N[C@@H]3CCC(F)(F)C3)ccc2C1=O. The number of hydrogen-bond donors (Lipinski definition) is 2. The molecular weight excluding hydrogens is 492 g/mol. The van der Waals surface area contributed by atoms with E-state index in [4.69, 9.17) is 10.5 Å². The van der Waals surface area contributed by atoms with Gasteiger partial charge in [-0.15, -0.1) is 0 Å². The highest BCUT2D eigenvalue weighted by atomic mass is 19.3. The number of rotatable bonds is 9. The van der Waals surface area contributed by atoms with Gasteiger partial charge in [0.2, 0.25) is 11.8 Å². The fraction of sp³-hybridized carbons (Fsp3) is 0.690. The molecule has 1 aromatic carbocycles. The topological polar surface area (TPSA) is 102 Å². The molecule has 1 heterocycles. The van der Waals surface area contributed by atoms with E-state index in [0.29, 0.717) is 17.9 Å². The minimum Gasteiger partial charge on any atom is -0.460 e. The van der Waals surface area contributed by atoms with Crippen LogP contribution in [0.2, 0.25) is 0 Å². The Morgan fingerprint density at radius 3 is 2.61 bits per heavy atom. The number of amides is 2. The van der Waals surface area contributed by atoms with Gasteiger partial charge in [0.05, 0.1) is 0 Å². The third kappa shape index (κ3) is 7.10. The molecule has 0 spiro atoms. The molecule has 1 aliphatic heterocycles. The molecule has 3 N–H and O–H groups in total. The highest BCUT2D eigenvalue weighted by Gasteiger charge is 2.41. The van der Waals surface area contributed by atoms with Crippen LogP contribution < -0.4 is 11.1 Å². The number of esters is 1. The molecule has 3 aliphatic rings. The Bertz CT molecular complexity index is 1050. The first-order chi connectivity index (χ1) is 17.8. The minimum atomic E-state index is -2.56. The van der Waals surface area contributed by atoms with E-state index in [1.807, 2.05) is 18.2 Å². The van der Waals surface area contributed by atoms with Crippen LogP contribution in [0.25, 0.3) is 0 Å². The number of nitrogens with two attached hydrogens (primary N) is 1. The van der Waals surface area contributed by atoms with Crippen molar-refractivity contribution >= 4 is 17.8 Å². The van der Waals surface area contributed by atoms with E-state index >= 15 is 0 Å². The second-order valence-corrected chi connectivity index (χ2v) is 12.3. The highest BCUT2D eigenvalue weighted by Crippen LogP contribution is 2.37. The Morgan fingerprint density at radius 2 is 1.95 bits per heavy atom. The fourth-order valence-corrected chi connectivity index (χ4v) is 6.24. The number of nitrogens with one attached hydrogen (secondary N) is 1. The van der Waals surface area contributed by atoms with Crippen LogP contribution in [0.3, 0.4) is 0 Å². The molecular formula is C29H41F2N3O4. The molecule has 4 rings (SSSR count). The maximum absolute atomic E-state index is 13.7. The van der Waals surface area contributed by atoms with Gasteiger partial charge in [-0.05, 0) is 76.0 Å². The average Bonchev–Trinajstić information content (AvgIpc) is 3.32. The number of fused-ring (bicyclic) bond motifs is 1. The normalized spacial score (nSPS) is 25.8. The van der Waals surface area contributed by atoms with Crippen LogP contribution in [0, 0.1) is 5.92 Å². The molecule has 9 heteroatoms. The van der Waals surface area contributed by atoms with Gasteiger partial charge in [0.1, 0.15) is 11.6 Å². The van der Waals surface area contributed by atoms with E-state index < -0.39 is 29.4 Å². The average molecular weight is 534 g/mol. The Morgan fingerprint density at radius 1 is 1.21 bits per heavy atom. The van der Waals surface area contributed by atoms with E-state index in [2.05, 4.69) is 5.32 Å². The summed E-state index contributed by atoms with van der Waals surface area (Å²) in [4.78, 5) is 39.0. The van der Waals surface area contributed by atoms with Crippen molar-refractivity contribution in [3.8, 4) is 0 Å². The van der Waals surface area contributed by atoms with Gasteiger partial charge in [-0.2, -0.15) is 0 Å². The van der Waals surface area contributed by atoms with Crippen molar-refractivity contribution < 1.29 is 27.9 Å². The summed E-state index contributed by atoms with van der Waals surface area (Å²) in [6.45, 7) is 5.57. The summed E-state index contributed by atoms with van der Waals surface area (Å²) in [6.07, 6.45) is 5.54. The molecule has 2 saturated carbocycles. The zero-order valence-corrected chi connectivity index (χ0v) is 22.7. The van der Waals surface area contributed by atoms with Crippen LogP contribution in [-0.2, 0) is 27.3 Å². The van der Waals surface area contributed by atoms with Gasteiger partial charge in [0.15, 0.2) is 0 Å². The Kier molecular flexibility index (Phi) is 8.45. The van der Waals surface area contributed by atoms with E-state index in [0.717, 1.165) is 43.2 Å². The first-order valence-electron chi connectivity index (χ1n) is 13.9. The van der Waals surface area contributed by atoms with Gasteiger partial charge < -0.3 is 20.7 Å². The summed E-state index contributed by atoms with van der Waals surface area (Å²) in [7, 11) is 0. The summed E-state index contributed by atoms with van der Waals surface area (Å²) >= 11 is 0. The number of benzene rings is 1. The number of nitrogens with zero attached hydrogens (tertiary/aromatic N) is 1. The molecule has 2 aliphatic carbocycles. The standard InChI is InChI=1S/C29H41F2N3O4/c1-28(2,3)38-25(35)11-10-24(26(32)36)34-17-20-15-18(8-9-22(20)27(34)37)14-19-6-4-5-7-23(19)33-21-12-13-29(30,31)16-21/h8-9,15,19,21,23-24,33H,4-7,10-14,16-17H2,1-3H3,(H2,32,36)/t19-,21-,23+,24?/m1/s1. The van der Waals surface area contributed by atoms with Crippen LogP contribution in [-0.4, -0.2) is 52.3 Å². The molecule has 4 atom stereocenters. The second kappa shape index (κ2) is 11.3. The summed E-state index contributed by atoms with van der Waals surface area (Å²) in [5, 5.41) is 3.54. The van der Waals surface area contributed by atoms with Crippen molar-refractivity contribution in [1.82, 2.24) is 10.2 Å². The zero-order valence-electron chi connectivity index (χ0n) is 22.7. The molecule has 2 amide bonds. The summed E-state index contributed by atoms with van der Waals surface area (Å²) in [5.74, 6) is -3.57. The first-order valence-corrected chi connectivity index (χ1v) is 13.9. The monoisotopic (exact) mass is 533 g/mol. The van der Waals surface area contributed by atoms with Crippen LogP contribution in [0.5, 0.6) is 0 Å². The largest absolute Gasteiger partial charge is 0.460 e. The van der Waals surface area contributed by atoms with Crippen molar-refractivity contribution in [3.63, 3.8) is 0 Å². The van der Waals surface area contributed by atoms with Crippen molar-refractivity contribution in [1.29, 1.82) is 0 Å². The molecule has 210 valence electrons. The van der Waals surface area contributed by atoms with Crippen LogP contribution in [0.4, 0.5) is 8.78 Å². The lowest BCUT2D eigenvalue weighted by atomic mass is 9.80. The zero-order chi connectivity index (χ0) is 27.7. The number of hydrogen-bond acceptors (Lipinski definition) is 5.